The third-order valence-corrected chi connectivity index (χ3v) is 5.67. The Morgan fingerprint density at radius 3 is 2.18 bits per heavy atom. The minimum absolute atomic E-state index is 0.189. The number of pyridine rings is 1. The number of amides is 1. The Balaban J connectivity index is 2.14. The van der Waals surface area contributed by atoms with Gasteiger partial charge in [0.1, 0.15) is 0 Å². The van der Waals surface area contributed by atoms with Crippen LogP contribution in [0.1, 0.15) is 24.2 Å². The van der Waals surface area contributed by atoms with Gasteiger partial charge < -0.3 is 23.8 Å². The number of hydrogen-bond donors (Lipinski definition) is 0. The highest BCUT2D eigenvalue weighted by atomic mass is 16.5. The largest absolute Gasteiger partial charge is 0.493 e. The summed E-state index contributed by atoms with van der Waals surface area (Å²) in [5.41, 5.74) is 2.46. The molecule has 1 amide bonds. The molecule has 0 aliphatic heterocycles. The molecule has 1 heterocycles. The first-order valence-electron chi connectivity index (χ1n) is 11.0. The molecule has 3 aromatic rings. The first kappa shape index (κ1) is 24.8. The number of rotatable bonds is 9. The maximum absolute atomic E-state index is 13.6. The number of hydrogen-bond acceptors (Lipinski definition) is 7. The molecule has 34 heavy (non-hydrogen) atoms. The third-order valence-electron chi connectivity index (χ3n) is 5.67. The van der Waals surface area contributed by atoms with E-state index in [0.29, 0.717) is 46.1 Å². The molecule has 0 aliphatic rings. The van der Waals surface area contributed by atoms with Gasteiger partial charge in [0.05, 0.1) is 51.1 Å². The van der Waals surface area contributed by atoms with Gasteiger partial charge in [-0.2, -0.15) is 0 Å². The van der Waals surface area contributed by atoms with E-state index in [1.165, 1.54) is 7.11 Å². The second kappa shape index (κ2) is 10.9. The van der Waals surface area contributed by atoms with Gasteiger partial charge in [0, 0.05) is 24.0 Å². The van der Waals surface area contributed by atoms with Gasteiger partial charge in [0.25, 0.3) is 5.91 Å². The molecule has 0 saturated heterocycles. The summed E-state index contributed by atoms with van der Waals surface area (Å²) in [7, 11) is 5.98. The van der Waals surface area contributed by atoms with Crippen molar-refractivity contribution in [2.45, 2.75) is 13.8 Å². The molecule has 8 heteroatoms. The van der Waals surface area contributed by atoms with Crippen LogP contribution in [-0.4, -0.2) is 63.3 Å². The molecule has 3 rings (SSSR count). The number of carbonyl (C=O) groups excluding carboxylic acids is 2. The Hall–Kier alpha value is -3.81. The standard InChI is InChI=1S/C26H30N2O6/c1-7-28(15-16(2)26(30)34-6)25(29)19-14-21(27-20-11-9-8-10-18(19)20)17-12-22(31-3)24(33-5)23(13-17)32-4/h8-14,16H,7,15H2,1-6H3. The van der Waals surface area contributed by atoms with Crippen molar-refractivity contribution >= 4 is 22.8 Å². The predicted octanol–water partition coefficient (Wildman–Crippen LogP) is 4.20. The van der Waals surface area contributed by atoms with Gasteiger partial charge >= 0.3 is 5.97 Å². The number of ether oxygens (including phenoxy) is 4. The van der Waals surface area contributed by atoms with E-state index in [1.54, 1.807) is 51.4 Å². The van der Waals surface area contributed by atoms with Crippen LogP contribution in [0.15, 0.2) is 42.5 Å². The zero-order valence-corrected chi connectivity index (χ0v) is 20.4. The number of carbonyl (C=O) groups is 2. The molecule has 8 nitrogen and oxygen atoms in total. The molecule has 1 atom stereocenters. The number of methoxy groups -OCH3 is 4. The number of fused-ring (bicyclic) bond motifs is 1. The molecule has 0 spiro atoms. The van der Waals surface area contributed by atoms with E-state index < -0.39 is 5.92 Å². The van der Waals surface area contributed by atoms with Crippen LogP contribution in [0.2, 0.25) is 0 Å². The number of aromatic nitrogens is 1. The summed E-state index contributed by atoms with van der Waals surface area (Å²) in [6, 6.07) is 12.8. The zero-order chi connectivity index (χ0) is 24.8. The molecule has 2 aromatic carbocycles. The SMILES string of the molecule is CCN(CC(C)C(=O)OC)C(=O)c1cc(-c2cc(OC)c(OC)c(OC)c2)nc2ccccc12. The van der Waals surface area contributed by atoms with Crippen molar-refractivity contribution in [1.82, 2.24) is 9.88 Å². The van der Waals surface area contributed by atoms with E-state index in [-0.39, 0.29) is 18.4 Å². The quantitative estimate of drug-likeness (QED) is 0.437. The zero-order valence-electron chi connectivity index (χ0n) is 20.4. The summed E-state index contributed by atoms with van der Waals surface area (Å²) < 4.78 is 21.2. The lowest BCUT2D eigenvalue weighted by Gasteiger charge is -2.24. The van der Waals surface area contributed by atoms with Crippen molar-refractivity contribution in [2.24, 2.45) is 5.92 Å². The molecule has 1 unspecified atom stereocenters. The third kappa shape index (κ3) is 4.90. The minimum Gasteiger partial charge on any atom is -0.493 e. The summed E-state index contributed by atoms with van der Waals surface area (Å²) in [6.45, 7) is 4.31. The fraction of sp³-hybridized carbons (Fsp3) is 0.346. The fourth-order valence-electron chi connectivity index (χ4n) is 3.86. The number of para-hydroxylation sites is 1. The molecule has 180 valence electrons. The molecule has 0 N–H and O–H groups in total. The van der Waals surface area contributed by atoms with Crippen LogP contribution in [0.25, 0.3) is 22.2 Å². The van der Waals surface area contributed by atoms with E-state index in [1.807, 2.05) is 31.2 Å². The van der Waals surface area contributed by atoms with Crippen molar-refractivity contribution < 1.29 is 28.5 Å². The highest BCUT2D eigenvalue weighted by molar-refractivity contribution is 6.07. The van der Waals surface area contributed by atoms with Crippen molar-refractivity contribution in [3.05, 3.63) is 48.0 Å². The van der Waals surface area contributed by atoms with E-state index in [4.69, 9.17) is 23.9 Å². The lowest BCUT2D eigenvalue weighted by molar-refractivity contribution is -0.145. The number of esters is 1. The topological polar surface area (TPSA) is 87.2 Å². The minimum atomic E-state index is -0.448. The maximum atomic E-state index is 13.6. The van der Waals surface area contributed by atoms with Crippen molar-refractivity contribution in [3.63, 3.8) is 0 Å². The molecule has 1 aromatic heterocycles. The van der Waals surface area contributed by atoms with Gasteiger partial charge in [-0.3, -0.25) is 9.59 Å². The summed E-state index contributed by atoms with van der Waals surface area (Å²) in [6.07, 6.45) is 0. The van der Waals surface area contributed by atoms with Crippen molar-refractivity contribution in [2.75, 3.05) is 41.5 Å². The molecule has 0 fully saturated rings. The van der Waals surface area contributed by atoms with E-state index >= 15 is 0 Å². The van der Waals surface area contributed by atoms with E-state index in [0.717, 1.165) is 5.39 Å². The monoisotopic (exact) mass is 466 g/mol. The van der Waals surface area contributed by atoms with Crippen LogP contribution in [0, 0.1) is 5.92 Å². The Kier molecular flexibility index (Phi) is 7.94. The van der Waals surface area contributed by atoms with E-state index in [9.17, 15) is 9.59 Å². The van der Waals surface area contributed by atoms with Crippen LogP contribution < -0.4 is 14.2 Å². The van der Waals surface area contributed by atoms with Crippen LogP contribution in [0.5, 0.6) is 17.2 Å². The van der Waals surface area contributed by atoms with Crippen LogP contribution in [-0.2, 0) is 9.53 Å². The average Bonchev–Trinajstić information content (AvgIpc) is 2.88. The fourth-order valence-corrected chi connectivity index (χ4v) is 3.86. The first-order valence-corrected chi connectivity index (χ1v) is 11.0. The average molecular weight is 467 g/mol. The second-order valence-electron chi connectivity index (χ2n) is 7.75. The molecule has 0 bridgehead atoms. The molecular weight excluding hydrogens is 436 g/mol. The summed E-state index contributed by atoms with van der Waals surface area (Å²) in [4.78, 5) is 32.0. The molecule has 0 aliphatic carbocycles. The maximum Gasteiger partial charge on any atom is 0.310 e. The Labute approximate surface area is 199 Å². The van der Waals surface area contributed by atoms with Gasteiger partial charge in [0.2, 0.25) is 5.75 Å². The molecule has 0 radical (unpaired) electrons. The predicted molar refractivity (Wildman–Crippen MR) is 130 cm³/mol. The summed E-state index contributed by atoms with van der Waals surface area (Å²) >= 11 is 0. The van der Waals surface area contributed by atoms with Gasteiger partial charge in [-0.25, -0.2) is 4.98 Å². The highest BCUT2D eigenvalue weighted by Gasteiger charge is 2.24. The number of benzene rings is 2. The molecular formula is C26H30N2O6. The number of nitrogens with zero attached hydrogens (tertiary/aromatic N) is 2. The van der Waals surface area contributed by atoms with Gasteiger partial charge in [-0.1, -0.05) is 25.1 Å². The van der Waals surface area contributed by atoms with Gasteiger partial charge in [-0.05, 0) is 31.2 Å². The van der Waals surface area contributed by atoms with Gasteiger partial charge in [-0.15, -0.1) is 0 Å². The highest BCUT2D eigenvalue weighted by Crippen LogP contribution is 2.41. The Morgan fingerprint density at radius 1 is 0.971 bits per heavy atom. The van der Waals surface area contributed by atoms with E-state index in [2.05, 4.69) is 0 Å². The van der Waals surface area contributed by atoms with Crippen LogP contribution in [0.4, 0.5) is 0 Å². The Bertz CT molecular complexity index is 1170. The summed E-state index contributed by atoms with van der Waals surface area (Å²) in [5.74, 6) is 0.453. The van der Waals surface area contributed by atoms with Crippen molar-refractivity contribution in [3.8, 4) is 28.5 Å². The summed E-state index contributed by atoms with van der Waals surface area (Å²) in [5, 5.41) is 0.730. The van der Waals surface area contributed by atoms with Gasteiger partial charge in [0.15, 0.2) is 11.5 Å². The van der Waals surface area contributed by atoms with Crippen LogP contribution >= 0.6 is 0 Å². The molecule has 0 saturated carbocycles. The van der Waals surface area contributed by atoms with Crippen LogP contribution in [0.3, 0.4) is 0 Å². The normalized spacial score (nSPS) is 11.6. The lowest BCUT2D eigenvalue weighted by Crippen LogP contribution is -2.37. The smallest absolute Gasteiger partial charge is 0.310 e. The second-order valence-corrected chi connectivity index (χ2v) is 7.75. The van der Waals surface area contributed by atoms with Crippen molar-refractivity contribution in [1.29, 1.82) is 0 Å². The lowest BCUT2D eigenvalue weighted by atomic mass is 10.0. The Morgan fingerprint density at radius 2 is 1.62 bits per heavy atom. The first-order chi connectivity index (χ1) is 16.4.